The first kappa shape index (κ1) is 15.0. The van der Waals surface area contributed by atoms with Gasteiger partial charge in [-0.1, -0.05) is 13.8 Å². The van der Waals surface area contributed by atoms with Crippen LogP contribution in [-0.2, 0) is 17.7 Å². The number of aromatic nitrogens is 3. The molecule has 1 fully saturated rings. The van der Waals surface area contributed by atoms with Crippen molar-refractivity contribution >= 4 is 0 Å². The van der Waals surface area contributed by atoms with Gasteiger partial charge in [-0.25, -0.2) is 0 Å². The average Bonchev–Trinajstić information content (AvgIpc) is 2.92. The number of fused-ring (bicyclic) bond motifs is 1. The van der Waals surface area contributed by atoms with E-state index in [2.05, 4.69) is 33.9 Å². The van der Waals surface area contributed by atoms with Crippen molar-refractivity contribution in [2.24, 2.45) is 5.92 Å². The van der Waals surface area contributed by atoms with E-state index in [1.54, 1.807) is 0 Å². The van der Waals surface area contributed by atoms with Crippen LogP contribution in [0, 0.1) is 5.92 Å². The molecule has 1 aromatic heterocycles. The van der Waals surface area contributed by atoms with E-state index in [1.807, 2.05) is 0 Å². The second-order valence-electron chi connectivity index (χ2n) is 6.79. The first-order valence-electron chi connectivity index (χ1n) is 8.48. The Morgan fingerprint density at radius 1 is 1.24 bits per heavy atom. The number of nitrogens with one attached hydrogen (secondary N) is 1. The van der Waals surface area contributed by atoms with Crippen LogP contribution in [0.2, 0.25) is 0 Å². The fourth-order valence-electron chi connectivity index (χ4n) is 3.43. The predicted octanol–water partition coefficient (Wildman–Crippen LogP) is 2.12. The Morgan fingerprint density at radius 2 is 2.14 bits per heavy atom. The lowest BCUT2D eigenvalue weighted by molar-refractivity contribution is 0.0163. The predicted molar refractivity (Wildman–Crippen MR) is 82.4 cm³/mol. The van der Waals surface area contributed by atoms with Crippen molar-refractivity contribution < 1.29 is 4.74 Å². The number of aryl methyl sites for hydroxylation is 1. The molecule has 21 heavy (non-hydrogen) atoms. The van der Waals surface area contributed by atoms with Crippen molar-refractivity contribution in [2.75, 3.05) is 19.7 Å². The van der Waals surface area contributed by atoms with E-state index in [1.165, 1.54) is 31.5 Å². The maximum Gasteiger partial charge on any atom is 0.135 e. The molecule has 0 amide bonds. The maximum atomic E-state index is 5.77. The number of nitrogens with zero attached hydrogens (tertiary/aromatic N) is 3. The van der Waals surface area contributed by atoms with Crippen LogP contribution in [0.5, 0.6) is 0 Å². The van der Waals surface area contributed by atoms with E-state index in [4.69, 9.17) is 4.74 Å². The molecule has 2 aliphatic heterocycles. The summed E-state index contributed by atoms with van der Waals surface area (Å²) in [5.74, 6) is 3.46. The SMILES string of the molecule is CC(C)c1nnc2n1C[C@@H](CNC[C@H]1CCCCO1)CC2. The Balaban J connectivity index is 1.48. The average molecular weight is 292 g/mol. The summed E-state index contributed by atoms with van der Waals surface area (Å²) in [6.07, 6.45) is 6.47. The van der Waals surface area contributed by atoms with Crippen LogP contribution >= 0.6 is 0 Å². The molecule has 2 atom stereocenters. The fourth-order valence-corrected chi connectivity index (χ4v) is 3.43. The third-order valence-electron chi connectivity index (χ3n) is 4.67. The topological polar surface area (TPSA) is 52.0 Å². The van der Waals surface area contributed by atoms with Crippen molar-refractivity contribution in [3.63, 3.8) is 0 Å². The van der Waals surface area contributed by atoms with Gasteiger partial charge in [-0.05, 0) is 38.1 Å². The molecule has 3 heterocycles. The normalized spacial score (nSPS) is 26.0. The van der Waals surface area contributed by atoms with E-state index >= 15 is 0 Å². The molecule has 5 heteroatoms. The number of ether oxygens (including phenoxy) is 1. The summed E-state index contributed by atoms with van der Waals surface area (Å²) in [7, 11) is 0. The van der Waals surface area contributed by atoms with Crippen LogP contribution in [-0.4, -0.2) is 40.6 Å². The van der Waals surface area contributed by atoms with Crippen LogP contribution in [0.25, 0.3) is 0 Å². The highest BCUT2D eigenvalue weighted by Gasteiger charge is 2.24. The Kier molecular flexibility index (Phi) is 4.91. The Labute approximate surface area is 127 Å². The number of rotatable bonds is 5. The molecule has 0 bridgehead atoms. The fraction of sp³-hybridized carbons (Fsp3) is 0.875. The molecule has 1 N–H and O–H groups in total. The van der Waals surface area contributed by atoms with Gasteiger partial charge in [0.2, 0.25) is 0 Å². The zero-order valence-electron chi connectivity index (χ0n) is 13.3. The van der Waals surface area contributed by atoms with Gasteiger partial charge in [-0.2, -0.15) is 0 Å². The summed E-state index contributed by atoms with van der Waals surface area (Å²) >= 11 is 0. The largest absolute Gasteiger partial charge is 0.377 e. The van der Waals surface area contributed by atoms with Crippen molar-refractivity contribution in [3.8, 4) is 0 Å². The first-order chi connectivity index (χ1) is 10.2. The molecule has 0 unspecified atom stereocenters. The van der Waals surface area contributed by atoms with E-state index in [9.17, 15) is 0 Å². The van der Waals surface area contributed by atoms with Gasteiger partial charge < -0.3 is 14.6 Å². The van der Waals surface area contributed by atoms with Crippen LogP contribution in [0.4, 0.5) is 0 Å². The van der Waals surface area contributed by atoms with Crippen molar-refractivity contribution in [2.45, 2.75) is 64.5 Å². The van der Waals surface area contributed by atoms with Gasteiger partial charge in [-0.3, -0.25) is 0 Å². The summed E-state index contributed by atoms with van der Waals surface area (Å²) in [6, 6.07) is 0. The second kappa shape index (κ2) is 6.88. The summed E-state index contributed by atoms with van der Waals surface area (Å²) < 4.78 is 8.12. The second-order valence-corrected chi connectivity index (χ2v) is 6.79. The molecule has 3 rings (SSSR count). The molecule has 118 valence electrons. The van der Waals surface area contributed by atoms with Crippen LogP contribution in [0.3, 0.4) is 0 Å². The quantitative estimate of drug-likeness (QED) is 0.903. The van der Waals surface area contributed by atoms with Crippen molar-refractivity contribution in [3.05, 3.63) is 11.6 Å². The summed E-state index contributed by atoms with van der Waals surface area (Å²) in [6.45, 7) is 8.47. The zero-order chi connectivity index (χ0) is 14.7. The molecule has 0 saturated carbocycles. The van der Waals surface area contributed by atoms with Crippen molar-refractivity contribution in [1.29, 1.82) is 0 Å². The summed E-state index contributed by atoms with van der Waals surface area (Å²) in [5, 5.41) is 12.3. The van der Waals surface area contributed by atoms with Crippen LogP contribution < -0.4 is 5.32 Å². The minimum absolute atomic E-state index is 0.430. The monoisotopic (exact) mass is 292 g/mol. The molecule has 5 nitrogen and oxygen atoms in total. The lowest BCUT2D eigenvalue weighted by atomic mass is 9.98. The molecule has 1 aromatic rings. The Morgan fingerprint density at radius 3 is 2.90 bits per heavy atom. The third kappa shape index (κ3) is 3.64. The van der Waals surface area contributed by atoms with Gasteiger partial charge in [0.05, 0.1) is 6.10 Å². The smallest absolute Gasteiger partial charge is 0.135 e. The van der Waals surface area contributed by atoms with E-state index in [0.717, 1.165) is 38.5 Å². The highest BCUT2D eigenvalue weighted by Crippen LogP contribution is 2.23. The molecular formula is C16H28N4O. The Bertz CT molecular complexity index is 451. The zero-order valence-corrected chi connectivity index (χ0v) is 13.3. The van der Waals surface area contributed by atoms with Gasteiger partial charge in [0.15, 0.2) is 0 Å². The van der Waals surface area contributed by atoms with Gasteiger partial charge in [0.25, 0.3) is 0 Å². The van der Waals surface area contributed by atoms with E-state index < -0.39 is 0 Å². The van der Waals surface area contributed by atoms with E-state index in [0.29, 0.717) is 17.9 Å². The molecule has 1 saturated heterocycles. The Hall–Kier alpha value is -0.940. The van der Waals surface area contributed by atoms with Crippen LogP contribution in [0.1, 0.15) is 57.1 Å². The molecule has 2 aliphatic rings. The number of hydrogen-bond donors (Lipinski definition) is 1. The lowest BCUT2D eigenvalue weighted by Gasteiger charge is -2.27. The minimum atomic E-state index is 0.430. The molecule has 0 radical (unpaired) electrons. The van der Waals surface area contributed by atoms with Crippen molar-refractivity contribution in [1.82, 2.24) is 20.1 Å². The minimum Gasteiger partial charge on any atom is -0.377 e. The van der Waals surface area contributed by atoms with E-state index in [-0.39, 0.29) is 0 Å². The third-order valence-corrected chi connectivity index (χ3v) is 4.67. The van der Waals surface area contributed by atoms with Crippen LogP contribution in [0.15, 0.2) is 0 Å². The van der Waals surface area contributed by atoms with Gasteiger partial charge in [-0.15, -0.1) is 10.2 Å². The molecular weight excluding hydrogens is 264 g/mol. The number of hydrogen-bond acceptors (Lipinski definition) is 4. The van der Waals surface area contributed by atoms with Gasteiger partial charge >= 0.3 is 0 Å². The highest BCUT2D eigenvalue weighted by atomic mass is 16.5. The molecule has 0 aromatic carbocycles. The van der Waals surface area contributed by atoms with Gasteiger partial charge in [0.1, 0.15) is 11.6 Å². The molecule has 0 spiro atoms. The maximum absolute atomic E-state index is 5.77. The summed E-state index contributed by atoms with van der Waals surface area (Å²) in [5.41, 5.74) is 0. The van der Waals surface area contributed by atoms with Gasteiger partial charge in [0, 0.05) is 32.0 Å². The highest BCUT2D eigenvalue weighted by molar-refractivity contribution is 5.03. The summed E-state index contributed by atoms with van der Waals surface area (Å²) in [4.78, 5) is 0. The molecule has 0 aliphatic carbocycles. The lowest BCUT2D eigenvalue weighted by Crippen LogP contribution is -2.37. The standard InChI is InChI=1S/C16H28N4O/c1-12(2)16-19-18-15-7-6-13(11-20(15)16)9-17-10-14-5-3-4-8-21-14/h12-14,17H,3-11H2,1-2H3/t13-,14-/m1/s1. The first-order valence-corrected chi connectivity index (χ1v) is 8.48.